The molecule has 3 heteroatoms. The van der Waals surface area contributed by atoms with Crippen molar-refractivity contribution in [2.24, 2.45) is 0 Å². The van der Waals surface area contributed by atoms with E-state index < -0.39 is 0 Å². The first-order valence-corrected chi connectivity index (χ1v) is 5.45. The van der Waals surface area contributed by atoms with Crippen LogP contribution in [-0.4, -0.2) is 41.3 Å². The van der Waals surface area contributed by atoms with Crippen molar-refractivity contribution in [2.45, 2.75) is 26.3 Å². The lowest BCUT2D eigenvalue weighted by Gasteiger charge is -2.36. The molecular weight excluding hydrogens is 156 g/mol. The molecule has 0 aromatic carbocycles. The molecule has 0 bridgehead atoms. The number of nitrogens with zero attached hydrogens (tertiary/aromatic N) is 2. The van der Waals surface area contributed by atoms with Gasteiger partial charge in [-0.25, -0.2) is 4.31 Å². The Balaban J connectivity index is 2.33. The maximum atomic E-state index is 2.51. The van der Waals surface area contributed by atoms with E-state index in [0.29, 0.717) is 6.04 Å². The van der Waals surface area contributed by atoms with Gasteiger partial charge in [-0.15, -0.1) is 0 Å². The zero-order chi connectivity index (χ0) is 8.27. The molecule has 0 radical (unpaired) electrons. The minimum Gasteiger partial charge on any atom is -0.287 e. The monoisotopic (exact) mass is 174 g/mol. The third-order valence-electron chi connectivity index (χ3n) is 2.18. The van der Waals surface area contributed by atoms with Gasteiger partial charge in [0.2, 0.25) is 0 Å². The van der Waals surface area contributed by atoms with Gasteiger partial charge in [-0.05, 0) is 26.5 Å². The standard InChI is InChI=1S/C8H18N2S/c1-8(2)9-5-4-6-10(7-9)11-3/h8H,4-7H2,1-3H3. The van der Waals surface area contributed by atoms with Crippen molar-refractivity contribution in [1.29, 1.82) is 0 Å². The molecule has 0 N–H and O–H groups in total. The molecule has 0 amide bonds. The largest absolute Gasteiger partial charge is 0.287 e. The predicted molar refractivity (Wildman–Crippen MR) is 51.5 cm³/mol. The summed E-state index contributed by atoms with van der Waals surface area (Å²) in [4.78, 5) is 2.51. The average Bonchev–Trinajstić information content (AvgIpc) is 2.05. The van der Waals surface area contributed by atoms with Gasteiger partial charge in [0.15, 0.2) is 0 Å². The second kappa shape index (κ2) is 4.33. The first kappa shape index (κ1) is 9.36. The fraction of sp³-hybridized carbons (Fsp3) is 1.00. The van der Waals surface area contributed by atoms with E-state index in [1.807, 2.05) is 11.9 Å². The van der Waals surface area contributed by atoms with Gasteiger partial charge in [0, 0.05) is 19.1 Å². The normalized spacial score (nSPS) is 22.9. The molecule has 66 valence electrons. The van der Waals surface area contributed by atoms with Crippen LogP contribution in [0.2, 0.25) is 0 Å². The zero-order valence-corrected chi connectivity index (χ0v) is 8.52. The molecule has 0 aliphatic carbocycles. The van der Waals surface area contributed by atoms with Gasteiger partial charge in [0.1, 0.15) is 0 Å². The summed E-state index contributed by atoms with van der Waals surface area (Å²) in [5.74, 6) is 0. The van der Waals surface area contributed by atoms with Crippen LogP contribution in [0, 0.1) is 0 Å². The van der Waals surface area contributed by atoms with Gasteiger partial charge in [-0.1, -0.05) is 11.9 Å². The van der Waals surface area contributed by atoms with Gasteiger partial charge < -0.3 is 0 Å². The van der Waals surface area contributed by atoms with E-state index in [4.69, 9.17) is 0 Å². The van der Waals surface area contributed by atoms with Crippen LogP contribution in [-0.2, 0) is 0 Å². The molecule has 2 nitrogen and oxygen atoms in total. The summed E-state index contributed by atoms with van der Waals surface area (Å²) >= 11 is 1.86. The molecule has 1 fully saturated rings. The summed E-state index contributed by atoms with van der Waals surface area (Å²) in [5.41, 5.74) is 0. The molecule has 1 aliphatic rings. The highest BCUT2D eigenvalue weighted by Gasteiger charge is 2.17. The van der Waals surface area contributed by atoms with E-state index >= 15 is 0 Å². The van der Waals surface area contributed by atoms with E-state index in [-0.39, 0.29) is 0 Å². The van der Waals surface area contributed by atoms with Crippen LogP contribution in [0.4, 0.5) is 0 Å². The fourth-order valence-electron chi connectivity index (χ4n) is 1.36. The average molecular weight is 174 g/mol. The molecule has 0 saturated carbocycles. The summed E-state index contributed by atoms with van der Waals surface area (Å²) in [6, 6.07) is 0.699. The fourth-order valence-corrected chi connectivity index (χ4v) is 1.94. The highest BCUT2D eigenvalue weighted by molar-refractivity contribution is 7.96. The van der Waals surface area contributed by atoms with Gasteiger partial charge in [-0.3, -0.25) is 4.90 Å². The first-order valence-electron chi connectivity index (χ1n) is 4.27. The van der Waals surface area contributed by atoms with E-state index in [1.165, 1.54) is 19.5 Å². The third kappa shape index (κ3) is 2.65. The van der Waals surface area contributed by atoms with Crippen molar-refractivity contribution < 1.29 is 0 Å². The topological polar surface area (TPSA) is 6.48 Å². The zero-order valence-electron chi connectivity index (χ0n) is 7.71. The molecule has 0 aromatic heterocycles. The molecule has 0 aromatic rings. The van der Waals surface area contributed by atoms with Crippen LogP contribution in [0.25, 0.3) is 0 Å². The highest BCUT2D eigenvalue weighted by atomic mass is 32.2. The quantitative estimate of drug-likeness (QED) is 0.588. The van der Waals surface area contributed by atoms with Gasteiger partial charge >= 0.3 is 0 Å². The second-order valence-electron chi connectivity index (χ2n) is 3.29. The van der Waals surface area contributed by atoms with Crippen molar-refractivity contribution in [2.75, 3.05) is 26.0 Å². The minimum atomic E-state index is 0.699. The molecule has 0 unspecified atom stereocenters. The highest BCUT2D eigenvalue weighted by Crippen LogP contribution is 2.14. The summed E-state index contributed by atoms with van der Waals surface area (Å²) in [6.45, 7) is 8.20. The number of rotatable bonds is 2. The van der Waals surface area contributed by atoms with Crippen molar-refractivity contribution >= 4 is 11.9 Å². The van der Waals surface area contributed by atoms with E-state index in [2.05, 4.69) is 29.3 Å². The summed E-state index contributed by atoms with van der Waals surface area (Å²) in [6.07, 6.45) is 3.48. The Labute approximate surface area is 74.1 Å². The Morgan fingerprint density at radius 2 is 2.00 bits per heavy atom. The van der Waals surface area contributed by atoms with E-state index in [0.717, 1.165) is 6.67 Å². The van der Waals surface area contributed by atoms with Gasteiger partial charge in [-0.2, -0.15) is 0 Å². The summed E-state index contributed by atoms with van der Waals surface area (Å²) < 4.78 is 2.42. The Bertz CT molecular complexity index is 117. The van der Waals surface area contributed by atoms with Crippen molar-refractivity contribution in [3.8, 4) is 0 Å². The summed E-state index contributed by atoms with van der Waals surface area (Å²) in [7, 11) is 0. The van der Waals surface area contributed by atoms with Gasteiger partial charge in [0.05, 0.1) is 6.67 Å². The van der Waals surface area contributed by atoms with Gasteiger partial charge in [0.25, 0.3) is 0 Å². The SMILES string of the molecule is CSN1CCCN(C(C)C)C1. The Hall–Kier alpha value is 0.270. The Morgan fingerprint density at radius 1 is 1.27 bits per heavy atom. The lowest BCUT2D eigenvalue weighted by Crippen LogP contribution is -2.44. The molecule has 0 spiro atoms. The number of hydrogen-bond donors (Lipinski definition) is 0. The van der Waals surface area contributed by atoms with Crippen LogP contribution in [0.3, 0.4) is 0 Å². The van der Waals surface area contributed by atoms with Crippen LogP contribution < -0.4 is 0 Å². The maximum absolute atomic E-state index is 2.51. The van der Waals surface area contributed by atoms with Crippen molar-refractivity contribution in [3.05, 3.63) is 0 Å². The Morgan fingerprint density at radius 3 is 2.55 bits per heavy atom. The summed E-state index contributed by atoms with van der Waals surface area (Å²) in [5, 5.41) is 0. The molecule has 1 rings (SSSR count). The van der Waals surface area contributed by atoms with Crippen LogP contribution in [0.1, 0.15) is 20.3 Å². The smallest absolute Gasteiger partial charge is 0.0608 e. The van der Waals surface area contributed by atoms with Crippen molar-refractivity contribution in [3.63, 3.8) is 0 Å². The van der Waals surface area contributed by atoms with Crippen LogP contribution in [0.15, 0.2) is 0 Å². The molecule has 0 atom stereocenters. The second-order valence-corrected chi connectivity index (χ2v) is 4.17. The molecule has 1 aliphatic heterocycles. The predicted octanol–water partition coefficient (Wildman–Crippen LogP) is 1.64. The molecule has 11 heavy (non-hydrogen) atoms. The Kier molecular flexibility index (Phi) is 3.69. The van der Waals surface area contributed by atoms with Crippen LogP contribution in [0.5, 0.6) is 0 Å². The number of hydrogen-bond acceptors (Lipinski definition) is 3. The maximum Gasteiger partial charge on any atom is 0.0608 e. The van der Waals surface area contributed by atoms with E-state index in [9.17, 15) is 0 Å². The molecule has 1 saturated heterocycles. The molecular formula is C8H18N2S. The first-order chi connectivity index (χ1) is 5.24. The third-order valence-corrected chi connectivity index (χ3v) is 3.00. The lowest BCUT2D eigenvalue weighted by molar-refractivity contribution is 0.123. The van der Waals surface area contributed by atoms with E-state index in [1.54, 1.807) is 0 Å². The van der Waals surface area contributed by atoms with Crippen LogP contribution >= 0.6 is 11.9 Å². The lowest BCUT2D eigenvalue weighted by atomic mass is 10.2. The van der Waals surface area contributed by atoms with Crippen molar-refractivity contribution in [1.82, 2.24) is 9.21 Å². The minimum absolute atomic E-state index is 0.699. The molecule has 1 heterocycles.